The third-order valence-electron chi connectivity index (χ3n) is 2.01. The first-order valence-electron chi connectivity index (χ1n) is 4.45. The van der Waals surface area contributed by atoms with Crippen molar-refractivity contribution in [3.8, 4) is 28.4 Å². The van der Waals surface area contributed by atoms with Crippen LogP contribution in [-0.2, 0) is 0 Å². The summed E-state index contributed by atoms with van der Waals surface area (Å²) in [6.07, 6.45) is 0. The Morgan fingerprint density at radius 1 is 0.938 bits per heavy atom. The minimum Gasteiger partial charge on any atom is -0.492 e. The summed E-state index contributed by atoms with van der Waals surface area (Å²) in [6, 6.07) is 2.01. The second-order valence-corrected chi connectivity index (χ2v) is 3.45. The van der Waals surface area contributed by atoms with Crippen LogP contribution in [0.2, 0.25) is 0 Å². The highest BCUT2D eigenvalue weighted by Gasteiger charge is 2.32. The Bertz CT molecular complexity index is 389. The maximum absolute atomic E-state index is 5.17. The van der Waals surface area contributed by atoms with Gasteiger partial charge in [-0.15, -0.1) is 0 Å². The molecule has 0 spiro atoms. The highest BCUT2D eigenvalue weighted by Crippen LogP contribution is 2.59. The lowest BCUT2D eigenvalue weighted by atomic mass is 10.4. The van der Waals surface area contributed by atoms with E-state index in [1.165, 1.54) is 0 Å². The van der Waals surface area contributed by atoms with Crippen LogP contribution in [0.4, 0.5) is 0 Å². The summed E-state index contributed by atoms with van der Waals surface area (Å²) in [4.78, 5) is 0. The molecule has 88 valence electrons. The van der Waals surface area contributed by atoms with Gasteiger partial charge in [0.05, 0.1) is 21.3 Å². The number of benzene rings is 1. The lowest BCUT2D eigenvalue weighted by Gasteiger charge is -2.04. The largest absolute Gasteiger partial charge is 0.492 e. The normalized spacial score (nSPS) is 9.69. The van der Waals surface area contributed by atoms with Gasteiger partial charge in [0.1, 0.15) is 0 Å². The molecule has 0 unspecified atom stereocenters. The van der Waals surface area contributed by atoms with Crippen LogP contribution in [0, 0.1) is 0 Å². The van der Waals surface area contributed by atoms with Crippen molar-refractivity contribution < 1.29 is 14.2 Å². The van der Waals surface area contributed by atoms with E-state index in [9.17, 15) is 0 Å². The van der Waals surface area contributed by atoms with Crippen molar-refractivity contribution in [2.45, 2.75) is 0 Å². The van der Waals surface area contributed by atoms with Gasteiger partial charge in [0, 0.05) is 11.1 Å². The van der Waals surface area contributed by atoms with Gasteiger partial charge >= 0.3 is 0 Å². The summed E-state index contributed by atoms with van der Waals surface area (Å²) >= 11 is 4.09. The highest BCUT2D eigenvalue weighted by molar-refractivity contribution is 7.80. The van der Waals surface area contributed by atoms with Gasteiger partial charge in [-0.1, -0.05) is 0 Å². The molecule has 0 bridgehead atoms. The van der Waals surface area contributed by atoms with Gasteiger partial charge in [0.15, 0.2) is 16.6 Å². The fourth-order valence-corrected chi connectivity index (χ4v) is 1.42. The zero-order valence-electron chi connectivity index (χ0n) is 9.37. The van der Waals surface area contributed by atoms with Crippen molar-refractivity contribution in [1.29, 1.82) is 0 Å². The zero-order valence-corrected chi connectivity index (χ0v) is 10.2. The predicted octanol–water partition coefficient (Wildman–Crippen LogP) is 0.882. The molecule has 16 heavy (non-hydrogen) atoms. The number of hydrogen-bond donors (Lipinski definition) is 2. The number of ether oxygens (including phenoxy) is 3. The van der Waals surface area contributed by atoms with Gasteiger partial charge in [0.2, 0.25) is 5.75 Å². The summed E-state index contributed by atoms with van der Waals surface area (Å²) in [7, 11) is 4.87. The van der Waals surface area contributed by atoms with Gasteiger partial charge in [-0.05, 0) is 18.3 Å². The molecule has 0 atom stereocenters. The van der Waals surface area contributed by atoms with E-state index < -0.39 is 0 Å². The number of nitrogens with two attached hydrogens (primary N) is 2. The number of fused-ring (bicyclic) bond motifs is 1. The number of thiocarbonyl (C=S) groups is 1. The molecular formula is C10H14N2O3S. The molecule has 2 rings (SSSR count). The van der Waals surface area contributed by atoms with E-state index in [-0.39, 0.29) is 5.11 Å². The molecule has 0 amide bonds. The maximum Gasteiger partial charge on any atom is 0.204 e. The lowest BCUT2D eigenvalue weighted by molar-refractivity contribution is 0.332. The fourth-order valence-electron chi connectivity index (χ4n) is 1.42. The molecular weight excluding hydrogens is 228 g/mol. The molecule has 0 fully saturated rings. The van der Waals surface area contributed by atoms with Crippen molar-refractivity contribution in [1.82, 2.24) is 0 Å². The second-order valence-electron chi connectivity index (χ2n) is 2.97. The topological polar surface area (TPSA) is 79.7 Å². The molecule has 0 heterocycles. The van der Waals surface area contributed by atoms with Gasteiger partial charge in [-0.25, -0.2) is 0 Å². The predicted molar refractivity (Wildman–Crippen MR) is 66.1 cm³/mol. The van der Waals surface area contributed by atoms with Crippen LogP contribution in [0.5, 0.6) is 17.2 Å². The summed E-state index contributed by atoms with van der Waals surface area (Å²) in [6.45, 7) is 0. The Morgan fingerprint density at radius 2 is 1.25 bits per heavy atom. The van der Waals surface area contributed by atoms with E-state index in [0.29, 0.717) is 5.75 Å². The highest BCUT2D eigenvalue weighted by atomic mass is 32.1. The van der Waals surface area contributed by atoms with Crippen LogP contribution in [-0.4, -0.2) is 26.4 Å². The van der Waals surface area contributed by atoms with E-state index in [1.807, 2.05) is 6.07 Å². The van der Waals surface area contributed by atoms with Gasteiger partial charge in [-0.3, -0.25) is 0 Å². The minimum atomic E-state index is 0.000000000000000222. The Kier molecular flexibility index (Phi) is 3.78. The van der Waals surface area contributed by atoms with Crippen molar-refractivity contribution >= 4 is 17.3 Å². The van der Waals surface area contributed by atoms with Crippen LogP contribution >= 0.6 is 12.2 Å². The van der Waals surface area contributed by atoms with E-state index in [1.54, 1.807) is 21.3 Å². The van der Waals surface area contributed by atoms with Crippen LogP contribution < -0.4 is 25.7 Å². The number of hydrogen-bond acceptors (Lipinski definition) is 4. The third kappa shape index (κ3) is 2.27. The summed E-state index contributed by atoms with van der Waals surface area (Å²) < 4.78 is 15.5. The Balaban J connectivity index is 0.000000280. The van der Waals surface area contributed by atoms with Crippen molar-refractivity contribution in [2.75, 3.05) is 21.3 Å². The first-order valence-corrected chi connectivity index (χ1v) is 4.85. The van der Waals surface area contributed by atoms with Gasteiger partial charge < -0.3 is 25.7 Å². The SMILES string of the molecule is COc1c2cc-2c(OC)c1OC.NC(N)=S. The molecule has 4 N–H and O–H groups in total. The quantitative estimate of drug-likeness (QED) is 0.778. The van der Waals surface area contributed by atoms with E-state index in [0.717, 1.165) is 22.6 Å². The number of methoxy groups -OCH3 is 3. The summed E-state index contributed by atoms with van der Waals surface area (Å²) in [5, 5.41) is 0.000000000000000222. The van der Waals surface area contributed by atoms with E-state index in [2.05, 4.69) is 23.7 Å². The average Bonchev–Trinajstić information content (AvgIpc) is 2.92. The van der Waals surface area contributed by atoms with Crippen molar-refractivity contribution in [3.05, 3.63) is 6.07 Å². The number of rotatable bonds is 3. The molecule has 2 aliphatic carbocycles. The molecule has 2 aliphatic rings. The standard InChI is InChI=1S/C9H10O3.CH4N2S/c1-10-7-5-4-6(5)8(11-2)9(7)12-3;2-1(3)4/h4H,1-3H3;(H4,2,3,4). The molecule has 5 nitrogen and oxygen atoms in total. The average molecular weight is 242 g/mol. The van der Waals surface area contributed by atoms with Crippen molar-refractivity contribution in [3.63, 3.8) is 0 Å². The fraction of sp³-hybridized carbons (Fsp3) is 0.300. The molecule has 0 saturated heterocycles. The summed E-state index contributed by atoms with van der Waals surface area (Å²) in [5.74, 6) is 2.27. The minimum absolute atomic E-state index is 0.000000000000000222. The zero-order chi connectivity index (χ0) is 12.3. The van der Waals surface area contributed by atoms with E-state index >= 15 is 0 Å². The molecule has 0 aromatic rings. The van der Waals surface area contributed by atoms with Gasteiger partial charge in [0.25, 0.3) is 0 Å². The molecule has 6 heteroatoms. The molecule has 0 saturated carbocycles. The van der Waals surface area contributed by atoms with Gasteiger partial charge in [-0.2, -0.15) is 0 Å². The summed E-state index contributed by atoms with van der Waals surface area (Å²) in [5.41, 5.74) is 11.4. The molecule has 0 aliphatic heterocycles. The van der Waals surface area contributed by atoms with E-state index in [4.69, 9.17) is 14.2 Å². The van der Waals surface area contributed by atoms with Crippen LogP contribution in [0.3, 0.4) is 0 Å². The second kappa shape index (κ2) is 4.89. The Labute approximate surface area is 99.3 Å². The van der Waals surface area contributed by atoms with Crippen LogP contribution in [0.1, 0.15) is 0 Å². The maximum atomic E-state index is 5.17. The molecule has 0 aromatic carbocycles. The molecule has 0 radical (unpaired) electrons. The van der Waals surface area contributed by atoms with Crippen LogP contribution in [0.15, 0.2) is 6.07 Å². The van der Waals surface area contributed by atoms with Crippen molar-refractivity contribution in [2.24, 2.45) is 11.5 Å². The third-order valence-corrected chi connectivity index (χ3v) is 2.01. The Hall–Kier alpha value is -1.69. The monoisotopic (exact) mass is 242 g/mol. The van der Waals surface area contributed by atoms with Crippen LogP contribution in [0.25, 0.3) is 11.1 Å². The lowest BCUT2D eigenvalue weighted by Crippen LogP contribution is -2.18. The Morgan fingerprint density at radius 3 is 1.50 bits per heavy atom. The smallest absolute Gasteiger partial charge is 0.204 e. The first-order chi connectivity index (χ1) is 7.56. The first kappa shape index (κ1) is 12.4. The molecule has 0 aromatic heterocycles.